The number of aromatic amines is 1. The smallest absolute Gasteiger partial charge is 0.264 e. The van der Waals surface area contributed by atoms with E-state index in [0.717, 1.165) is 34.7 Å². The van der Waals surface area contributed by atoms with Gasteiger partial charge in [0, 0.05) is 24.7 Å². The molecule has 0 spiro atoms. The predicted molar refractivity (Wildman–Crippen MR) is 104 cm³/mol. The van der Waals surface area contributed by atoms with E-state index in [2.05, 4.69) is 34.0 Å². The Morgan fingerprint density at radius 2 is 1.97 bits per heavy atom. The topological polar surface area (TPSA) is 80.1 Å². The van der Waals surface area contributed by atoms with Crippen molar-refractivity contribution in [1.82, 2.24) is 20.1 Å². The number of H-pyrrole nitrogens is 1. The van der Waals surface area contributed by atoms with Gasteiger partial charge in [-0.05, 0) is 44.2 Å². The van der Waals surface area contributed by atoms with E-state index in [9.17, 15) is 8.78 Å². The van der Waals surface area contributed by atoms with Crippen molar-refractivity contribution < 1.29 is 18.0 Å². The number of nitrogens with zero attached hydrogens (tertiary/aromatic N) is 4. The number of nitrogens with one attached hydrogen (secondary N) is 1. The van der Waals surface area contributed by atoms with Gasteiger partial charge in [0.2, 0.25) is 11.8 Å². The molecule has 0 saturated carbocycles. The molecule has 150 valence electrons. The highest BCUT2D eigenvalue weighted by molar-refractivity contribution is 5.82. The van der Waals surface area contributed by atoms with Crippen molar-refractivity contribution in [2.45, 2.75) is 26.5 Å². The molecule has 0 amide bonds. The van der Waals surface area contributed by atoms with Crippen molar-refractivity contribution in [3.63, 3.8) is 0 Å². The van der Waals surface area contributed by atoms with Gasteiger partial charge in [0.05, 0.1) is 11.0 Å². The Bertz CT molecular complexity index is 1150. The average Bonchev–Trinajstić information content (AvgIpc) is 3.32. The number of fused-ring (bicyclic) bond motifs is 1. The second kappa shape index (κ2) is 7.50. The van der Waals surface area contributed by atoms with Crippen LogP contribution < -0.4 is 9.64 Å². The zero-order chi connectivity index (χ0) is 20.5. The zero-order valence-electron chi connectivity index (χ0n) is 16.1. The molecule has 29 heavy (non-hydrogen) atoms. The van der Waals surface area contributed by atoms with E-state index in [1.165, 1.54) is 6.07 Å². The second-order valence-electron chi connectivity index (χ2n) is 6.87. The lowest BCUT2D eigenvalue weighted by Gasteiger charge is -2.19. The van der Waals surface area contributed by atoms with Crippen molar-refractivity contribution in [1.29, 1.82) is 0 Å². The summed E-state index contributed by atoms with van der Waals surface area (Å²) in [6, 6.07) is 8.98. The Hall–Kier alpha value is -3.49. The van der Waals surface area contributed by atoms with Gasteiger partial charge in [0.15, 0.2) is 18.2 Å². The summed E-state index contributed by atoms with van der Waals surface area (Å²) in [5, 5.41) is 3.95. The number of rotatable bonds is 6. The van der Waals surface area contributed by atoms with E-state index in [0.29, 0.717) is 11.9 Å². The van der Waals surface area contributed by atoms with Crippen LogP contribution in [0.4, 0.5) is 14.7 Å². The SMILES string of the molecule is CC(C)N(C)c1nc2ccc(-c3noc(COc4ccc(F)cc4F)n3)cc2[nH]1. The first-order valence-corrected chi connectivity index (χ1v) is 9.04. The minimum atomic E-state index is -0.795. The fraction of sp³-hybridized carbons (Fsp3) is 0.250. The van der Waals surface area contributed by atoms with Crippen molar-refractivity contribution in [3.8, 4) is 17.1 Å². The summed E-state index contributed by atoms with van der Waals surface area (Å²) in [4.78, 5) is 14.2. The normalized spacial score (nSPS) is 11.4. The summed E-state index contributed by atoms with van der Waals surface area (Å²) < 4.78 is 37.1. The largest absolute Gasteiger partial charge is 0.481 e. The average molecular weight is 399 g/mol. The maximum Gasteiger partial charge on any atom is 0.264 e. The molecule has 2 aromatic heterocycles. The molecule has 4 aromatic rings. The summed E-state index contributed by atoms with van der Waals surface area (Å²) in [5.41, 5.74) is 2.42. The highest BCUT2D eigenvalue weighted by Crippen LogP contribution is 2.24. The van der Waals surface area contributed by atoms with E-state index in [1.807, 2.05) is 30.1 Å². The fourth-order valence-corrected chi connectivity index (χ4v) is 2.71. The van der Waals surface area contributed by atoms with E-state index in [4.69, 9.17) is 9.26 Å². The molecule has 7 nitrogen and oxygen atoms in total. The maximum atomic E-state index is 13.6. The standard InChI is InChI=1S/C20H19F2N5O2/c1-11(2)27(3)20-23-15-6-4-12(8-16(15)24-20)19-25-18(29-26-19)10-28-17-7-5-13(21)9-14(17)22/h4-9,11H,10H2,1-3H3,(H,23,24). The Morgan fingerprint density at radius 3 is 2.72 bits per heavy atom. The van der Waals surface area contributed by atoms with Gasteiger partial charge in [-0.25, -0.2) is 13.8 Å². The van der Waals surface area contributed by atoms with Crippen LogP contribution >= 0.6 is 0 Å². The van der Waals surface area contributed by atoms with Crippen LogP contribution in [0.1, 0.15) is 19.7 Å². The monoisotopic (exact) mass is 399 g/mol. The van der Waals surface area contributed by atoms with Crippen LogP contribution in [0.25, 0.3) is 22.4 Å². The lowest BCUT2D eigenvalue weighted by atomic mass is 10.2. The molecule has 0 atom stereocenters. The second-order valence-corrected chi connectivity index (χ2v) is 6.87. The third-order valence-corrected chi connectivity index (χ3v) is 4.55. The third kappa shape index (κ3) is 3.89. The molecular formula is C20H19F2N5O2. The number of halogens is 2. The van der Waals surface area contributed by atoms with Gasteiger partial charge in [-0.15, -0.1) is 0 Å². The van der Waals surface area contributed by atoms with Crippen molar-refractivity contribution in [3.05, 3.63) is 53.9 Å². The maximum absolute atomic E-state index is 13.6. The first kappa shape index (κ1) is 18.9. The van der Waals surface area contributed by atoms with Crippen LogP contribution in [-0.2, 0) is 6.61 Å². The summed E-state index contributed by atoms with van der Waals surface area (Å²) in [6.45, 7) is 4.03. The number of anilines is 1. The van der Waals surface area contributed by atoms with Gasteiger partial charge < -0.3 is 19.1 Å². The van der Waals surface area contributed by atoms with Gasteiger partial charge in [0.1, 0.15) is 5.82 Å². The van der Waals surface area contributed by atoms with Gasteiger partial charge >= 0.3 is 0 Å². The van der Waals surface area contributed by atoms with Gasteiger partial charge in [-0.3, -0.25) is 0 Å². The van der Waals surface area contributed by atoms with Crippen LogP contribution in [-0.4, -0.2) is 33.2 Å². The molecule has 0 aliphatic carbocycles. The minimum absolute atomic E-state index is 0.0909. The van der Waals surface area contributed by atoms with Crippen LogP contribution in [0.5, 0.6) is 5.75 Å². The Labute approximate surface area is 165 Å². The van der Waals surface area contributed by atoms with Crippen LogP contribution in [0, 0.1) is 11.6 Å². The van der Waals surface area contributed by atoms with Crippen molar-refractivity contribution in [2.24, 2.45) is 0 Å². The van der Waals surface area contributed by atoms with E-state index >= 15 is 0 Å². The molecule has 0 aliphatic rings. The van der Waals surface area contributed by atoms with Crippen molar-refractivity contribution >= 4 is 17.0 Å². The Balaban J connectivity index is 1.51. The Morgan fingerprint density at radius 1 is 1.14 bits per heavy atom. The number of hydrogen-bond donors (Lipinski definition) is 1. The minimum Gasteiger partial charge on any atom is -0.481 e. The highest BCUT2D eigenvalue weighted by atomic mass is 19.1. The highest BCUT2D eigenvalue weighted by Gasteiger charge is 2.14. The molecule has 2 heterocycles. The van der Waals surface area contributed by atoms with E-state index < -0.39 is 11.6 Å². The summed E-state index contributed by atoms with van der Waals surface area (Å²) >= 11 is 0. The van der Waals surface area contributed by atoms with Crippen LogP contribution in [0.15, 0.2) is 40.9 Å². The first-order valence-electron chi connectivity index (χ1n) is 9.04. The van der Waals surface area contributed by atoms with Gasteiger partial charge in [0.25, 0.3) is 5.89 Å². The molecule has 2 aromatic carbocycles. The molecule has 9 heteroatoms. The molecule has 0 fully saturated rings. The number of aromatic nitrogens is 4. The Kier molecular flexibility index (Phi) is 4.87. The summed E-state index contributed by atoms with van der Waals surface area (Å²) in [5.74, 6) is -0.238. The van der Waals surface area contributed by atoms with E-state index in [-0.39, 0.29) is 18.2 Å². The number of imidazole rings is 1. The number of benzene rings is 2. The molecule has 0 aliphatic heterocycles. The molecule has 0 unspecified atom stereocenters. The lowest BCUT2D eigenvalue weighted by molar-refractivity contribution is 0.234. The molecule has 1 N–H and O–H groups in total. The molecule has 4 rings (SSSR count). The van der Waals surface area contributed by atoms with Gasteiger partial charge in [-0.1, -0.05) is 5.16 Å². The zero-order valence-corrected chi connectivity index (χ0v) is 16.1. The van der Waals surface area contributed by atoms with Crippen LogP contribution in [0.2, 0.25) is 0 Å². The predicted octanol–water partition coefficient (Wildman–Crippen LogP) is 4.31. The van der Waals surface area contributed by atoms with E-state index in [1.54, 1.807) is 0 Å². The van der Waals surface area contributed by atoms with Gasteiger partial charge in [-0.2, -0.15) is 4.98 Å². The summed E-state index contributed by atoms with van der Waals surface area (Å²) in [7, 11) is 1.97. The fourth-order valence-electron chi connectivity index (χ4n) is 2.71. The molecular weight excluding hydrogens is 380 g/mol. The molecule has 0 bridgehead atoms. The molecule has 0 radical (unpaired) electrons. The summed E-state index contributed by atoms with van der Waals surface area (Å²) in [6.07, 6.45) is 0. The number of ether oxygens (including phenoxy) is 1. The number of hydrogen-bond acceptors (Lipinski definition) is 6. The quantitative estimate of drug-likeness (QED) is 0.520. The third-order valence-electron chi connectivity index (χ3n) is 4.55. The lowest BCUT2D eigenvalue weighted by Crippen LogP contribution is -2.26. The first-order chi connectivity index (χ1) is 13.9. The van der Waals surface area contributed by atoms with Crippen molar-refractivity contribution in [2.75, 3.05) is 11.9 Å². The van der Waals surface area contributed by atoms with Crippen LogP contribution in [0.3, 0.4) is 0 Å². The molecule has 0 saturated heterocycles.